The number of hydrogen-bond donors (Lipinski definition) is 2. The van der Waals surface area contributed by atoms with Crippen LogP contribution in [0, 0.1) is 0 Å². The molecule has 1 amide bonds. The molecule has 2 fully saturated rings. The largest absolute Gasteiger partial charge is 0.496 e. The second kappa shape index (κ2) is 8.04. The molecule has 148 valence electrons. The lowest BCUT2D eigenvalue weighted by atomic mass is 9.94. The fourth-order valence-electron chi connectivity index (χ4n) is 3.91. The van der Waals surface area contributed by atoms with Crippen molar-refractivity contribution in [1.82, 2.24) is 15.5 Å². The van der Waals surface area contributed by atoms with Crippen molar-refractivity contribution in [1.29, 1.82) is 0 Å². The fourth-order valence-corrected chi connectivity index (χ4v) is 3.91. The average molecular weight is 381 g/mol. The third kappa shape index (κ3) is 3.74. The minimum atomic E-state index is -0.442. The van der Waals surface area contributed by atoms with E-state index < -0.39 is 5.41 Å². The van der Waals surface area contributed by atoms with Gasteiger partial charge in [-0.1, -0.05) is 18.2 Å². The molecule has 0 radical (unpaired) electrons. The van der Waals surface area contributed by atoms with E-state index in [1.807, 2.05) is 36.5 Å². The summed E-state index contributed by atoms with van der Waals surface area (Å²) in [6.45, 7) is 3.29. The Morgan fingerprint density at radius 3 is 2.75 bits per heavy atom. The fraction of sp³-hybridized carbons (Fsp3) is 0.476. The normalized spacial score (nSPS) is 17.2. The molecule has 7 nitrogen and oxygen atoms in total. The number of aromatic nitrogens is 2. The lowest BCUT2D eigenvalue weighted by Crippen LogP contribution is -2.37. The van der Waals surface area contributed by atoms with E-state index in [1.165, 1.54) is 12.8 Å². The van der Waals surface area contributed by atoms with Gasteiger partial charge in [0.25, 0.3) is 0 Å². The first-order valence-corrected chi connectivity index (χ1v) is 9.96. The number of rotatable bonds is 8. The van der Waals surface area contributed by atoms with Gasteiger partial charge in [-0.2, -0.15) is 5.10 Å². The van der Waals surface area contributed by atoms with Crippen LogP contribution in [0.3, 0.4) is 0 Å². The first kappa shape index (κ1) is 18.5. The molecule has 28 heavy (non-hydrogen) atoms. The molecule has 1 aliphatic heterocycles. The van der Waals surface area contributed by atoms with E-state index in [4.69, 9.17) is 4.74 Å². The molecule has 2 aliphatic rings. The summed E-state index contributed by atoms with van der Waals surface area (Å²) in [5, 5.41) is 14.6. The van der Waals surface area contributed by atoms with Gasteiger partial charge in [-0.25, -0.2) is 0 Å². The highest BCUT2D eigenvalue weighted by atomic mass is 16.5. The van der Waals surface area contributed by atoms with Crippen LogP contribution in [0.1, 0.15) is 31.2 Å². The molecular weight excluding hydrogens is 354 g/mol. The Morgan fingerprint density at radius 2 is 2.00 bits per heavy atom. The number of nitrogens with zero attached hydrogens (tertiary/aromatic N) is 3. The van der Waals surface area contributed by atoms with Crippen molar-refractivity contribution < 1.29 is 9.53 Å². The number of nitrogens with one attached hydrogen (secondary N) is 2. The van der Waals surface area contributed by atoms with E-state index in [0.717, 1.165) is 48.7 Å². The van der Waals surface area contributed by atoms with Crippen LogP contribution in [-0.4, -0.2) is 49.4 Å². The molecule has 1 aliphatic carbocycles. The maximum Gasteiger partial charge on any atom is 0.230 e. The van der Waals surface area contributed by atoms with Crippen LogP contribution in [0.5, 0.6) is 5.75 Å². The molecular formula is C21H27N5O2. The van der Waals surface area contributed by atoms with E-state index in [0.29, 0.717) is 13.1 Å². The summed E-state index contributed by atoms with van der Waals surface area (Å²) in [6, 6.07) is 9.81. The summed E-state index contributed by atoms with van der Waals surface area (Å²) in [4.78, 5) is 15.1. The van der Waals surface area contributed by atoms with E-state index in [9.17, 15) is 4.79 Å². The van der Waals surface area contributed by atoms with Gasteiger partial charge in [-0.3, -0.25) is 4.79 Å². The SMILES string of the molecule is COc1ccccc1C1(C(=O)NCCNc2cc(N3CCCC3)cnn2)CC1. The minimum absolute atomic E-state index is 0.0655. The summed E-state index contributed by atoms with van der Waals surface area (Å²) in [5.74, 6) is 1.59. The maximum atomic E-state index is 12.8. The quantitative estimate of drug-likeness (QED) is 0.684. The molecule has 0 spiro atoms. The van der Waals surface area contributed by atoms with E-state index in [1.54, 1.807) is 7.11 Å². The second-order valence-electron chi connectivity index (χ2n) is 7.46. The predicted molar refractivity (Wildman–Crippen MR) is 109 cm³/mol. The van der Waals surface area contributed by atoms with Gasteiger partial charge in [-0.15, -0.1) is 5.10 Å². The first-order valence-electron chi connectivity index (χ1n) is 9.96. The zero-order valence-electron chi connectivity index (χ0n) is 16.3. The number of amides is 1. The van der Waals surface area contributed by atoms with Gasteiger partial charge in [0.1, 0.15) is 5.75 Å². The van der Waals surface area contributed by atoms with Crippen molar-refractivity contribution in [2.24, 2.45) is 0 Å². The van der Waals surface area contributed by atoms with Crippen molar-refractivity contribution in [2.75, 3.05) is 43.5 Å². The number of methoxy groups -OCH3 is 1. The van der Waals surface area contributed by atoms with Crippen molar-refractivity contribution in [3.05, 3.63) is 42.1 Å². The van der Waals surface area contributed by atoms with Crippen molar-refractivity contribution >= 4 is 17.4 Å². The third-order valence-electron chi connectivity index (χ3n) is 5.64. The molecule has 0 unspecified atom stereocenters. The minimum Gasteiger partial charge on any atom is -0.496 e. The molecule has 2 aromatic rings. The van der Waals surface area contributed by atoms with Gasteiger partial charge in [0.2, 0.25) is 5.91 Å². The highest BCUT2D eigenvalue weighted by Crippen LogP contribution is 2.51. The van der Waals surface area contributed by atoms with E-state index in [-0.39, 0.29) is 5.91 Å². The summed E-state index contributed by atoms with van der Waals surface area (Å²) in [5.41, 5.74) is 1.64. The Labute approximate surface area is 165 Å². The van der Waals surface area contributed by atoms with Crippen molar-refractivity contribution in [3.8, 4) is 5.75 Å². The number of carbonyl (C=O) groups is 1. The Kier molecular flexibility index (Phi) is 5.32. The van der Waals surface area contributed by atoms with Gasteiger partial charge in [0, 0.05) is 37.8 Å². The highest BCUT2D eigenvalue weighted by Gasteiger charge is 2.52. The first-order chi connectivity index (χ1) is 13.7. The summed E-state index contributed by atoms with van der Waals surface area (Å²) in [6.07, 6.45) is 5.98. The van der Waals surface area contributed by atoms with Crippen LogP contribution >= 0.6 is 0 Å². The van der Waals surface area contributed by atoms with Crippen LogP contribution in [0.4, 0.5) is 11.5 Å². The highest BCUT2D eigenvalue weighted by molar-refractivity contribution is 5.92. The van der Waals surface area contributed by atoms with Crippen LogP contribution in [0.15, 0.2) is 36.5 Å². The molecule has 1 aromatic carbocycles. The summed E-state index contributed by atoms with van der Waals surface area (Å²) < 4.78 is 5.45. The summed E-state index contributed by atoms with van der Waals surface area (Å²) in [7, 11) is 1.65. The Balaban J connectivity index is 1.30. The summed E-state index contributed by atoms with van der Waals surface area (Å²) >= 11 is 0. The number of anilines is 2. The molecule has 0 bridgehead atoms. The van der Waals surface area contributed by atoms with Gasteiger partial charge < -0.3 is 20.3 Å². The van der Waals surface area contributed by atoms with Gasteiger partial charge >= 0.3 is 0 Å². The van der Waals surface area contributed by atoms with Gasteiger partial charge in [-0.05, 0) is 31.7 Å². The molecule has 1 aromatic heterocycles. The molecule has 0 atom stereocenters. The number of benzene rings is 1. The molecule has 2 N–H and O–H groups in total. The van der Waals surface area contributed by atoms with Crippen LogP contribution in [-0.2, 0) is 10.2 Å². The van der Waals surface area contributed by atoms with Gasteiger partial charge in [0.05, 0.1) is 24.4 Å². The van der Waals surface area contributed by atoms with E-state index >= 15 is 0 Å². The standard InChI is InChI=1S/C21H27N5O2/c1-28-18-7-3-2-6-17(18)21(8-9-21)20(27)23-11-10-22-19-14-16(15-24-25-19)26-12-4-5-13-26/h2-3,6-7,14-15H,4-5,8-13H2,1H3,(H,22,25)(H,23,27). The molecule has 7 heteroatoms. The van der Waals surface area contributed by atoms with Crippen molar-refractivity contribution in [3.63, 3.8) is 0 Å². The average Bonchev–Trinajstić information content (AvgIpc) is 3.37. The zero-order valence-corrected chi connectivity index (χ0v) is 16.3. The van der Waals surface area contributed by atoms with Crippen LogP contribution < -0.4 is 20.3 Å². The number of ether oxygens (including phenoxy) is 1. The molecule has 2 heterocycles. The topological polar surface area (TPSA) is 79.4 Å². The smallest absolute Gasteiger partial charge is 0.230 e. The Hall–Kier alpha value is -2.83. The Morgan fingerprint density at radius 1 is 1.21 bits per heavy atom. The zero-order chi connectivity index (χ0) is 19.4. The van der Waals surface area contributed by atoms with Gasteiger partial charge in [0.15, 0.2) is 5.82 Å². The molecule has 1 saturated carbocycles. The number of hydrogen-bond acceptors (Lipinski definition) is 6. The third-order valence-corrected chi connectivity index (χ3v) is 5.64. The van der Waals surface area contributed by atoms with Crippen LogP contribution in [0.25, 0.3) is 0 Å². The number of carbonyl (C=O) groups excluding carboxylic acids is 1. The van der Waals surface area contributed by atoms with E-state index in [2.05, 4.69) is 25.7 Å². The number of para-hydroxylation sites is 1. The molecule has 4 rings (SSSR count). The monoisotopic (exact) mass is 381 g/mol. The predicted octanol–water partition coefficient (Wildman–Crippen LogP) is 2.35. The molecule has 1 saturated heterocycles. The van der Waals surface area contributed by atoms with Crippen molar-refractivity contribution in [2.45, 2.75) is 31.1 Å². The van der Waals surface area contributed by atoms with Crippen LogP contribution in [0.2, 0.25) is 0 Å². The maximum absolute atomic E-state index is 12.8. The lowest BCUT2D eigenvalue weighted by molar-refractivity contribution is -0.123. The Bertz CT molecular complexity index is 831. The second-order valence-corrected chi connectivity index (χ2v) is 7.46. The lowest BCUT2D eigenvalue weighted by Gasteiger charge is -2.19.